The molecule has 150 valence electrons. The second-order valence-corrected chi connectivity index (χ2v) is 7.29. The number of unbranched alkanes of at least 4 members (excludes halogenated alkanes) is 1. The standard InChI is InChI=1S/C24H31NO3/c1-18(2)10-6-4-9-13-21(20-11-7-5-8-12-20)24(27)25-17-19-14-15-22(26)23(16-19)28-3/h5-8,10-12,14-16,18,21,26H,4,9,13,17H2,1-3H3,(H,25,27)/b10-6+. The summed E-state index contributed by atoms with van der Waals surface area (Å²) in [5.74, 6) is 0.895. The normalized spacial score (nSPS) is 12.3. The van der Waals surface area contributed by atoms with E-state index in [1.807, 2.05) is 30.3 Å². The highest BCUT2D eigenvalue weighted by atomic mass is 16.5. The molecule has 0 aliphatic heterocycles. The molecule has 1 unspecified atom stereocenters. The lowest BCUT2D eigenvalue weighted by Crippen LogP contribution is -2.29. The average Bonchev–Trinajstić information content (AvgIpc) is 2.70. The maximum absolute atomic E-state index is 12.9. The van der Waals surface area contributed by atoms with Crippen molar-refractivity contribution >= 4 is 5.91 Å². The summed E-state index contributed by atoms with van der Waals surface area (Å²) in [7, 11) is 1.51. The van der Waals surface area contributed by atoms with E-state index in [9.17, 15) is 9.90 Å². The first-order chi connectivity index (χ1) is 13.5. The number of phenols is 1. The van der Waals surface area contributed by atoms with Crippen LogP contribution in [0.1, 0.15) is 50.2 Å². The summed E-state index contributed by atoms with van der Waals surface area (Å²) in [5.41, 5.74) is 1.92. The molecule has 2 aromatic rings. The van der Waals surface area contributed by atoms with Gasteiger partial charge in [-0.25, -0.2) is 0 Å². The van der Waals surface area contributed by atoms with Crippen molar-refractivity contribution in [3.05, 3.63) is 71.8 Å². The van der Waals surface area contributed by atoms with Crippen LogP contribution in [0.25, 0.3) is 0 Å². The molecule has 0 bridgehead atoms. The van der Waals surface area contributed by atoms with Gasteiger partial charge < -0.3 is 15.2 Å². The number of rotatable bonds is 10. The topological polar surface area (TPSA) is 58.6 Å². The van der Waals surface area contributed by atoms with Crippen LogP contribution in [0.5, 0.6) is 11.5 Å². The quantitative estimate of drug-likeness (QED) is 0.440. The lowest BCUT2D eigenvalue weighted by molar-refractivity contribution is -0.122. The van der Waals surface area contributed by atoms with E-state index in [-0.39, 0.29) is 17.6 Å². The first-order valence-corrected chi connectivity index (χ1v) is 9.86. The van der Waals surface area contributed by atoms with Crippen LogP contribution in [0, 0.1) is 5.92 Å². The number of hydrogen-bond acceptors (Lipinski definition) is 3. The second kappa shape index (κ2) is 11.2. The number of amides is 1. The van der Waals surface area contributed by atoms with Crippen LogP contribution in [0.15, 0.2) is 60.7 Å². The molecule has 1 amide bonds. The largest absolute Gasteiger partial charge is 0.504 e. The minimum atomic E-state index is -0.173. The van der Waals surface area contributed by atoms with Crippen LogP contribution in [0.2, 0.25) is 0 Å². The smallest absolute Gasteiger partial charge is 0.227 e. The van der Waals surface area contributed by atoms with Gasteiger partial charge >= 0.3 is 0 Å². The van der Waals surface area contributed by atoms with E-state index >= 15 is 0 Å². The molecule has 0 saturated heterocycles. The van der Waals surface area contributed by atoms with Crippen molar-refractivity contribution in [2.45, 2.75) is 45.6 Å². The number of aromatic hydroxyl groups is 1. The highest BCUT2D eigenvalue weighted by Crippen LogP contribution is 2.27. The summed E-state index contributed by atoms with van der Waals surface area (Å²) in [6.07, 6.45) is 7.15. The number of methoxy groups -OCH3 is 1. The number of carbonyl (C=O) groups excluding carboxylic acids is 1. The Balaban J connectivity index is 2.00. The predicted molar refractivity (Wildman–Crippen MR) is 114 cm³/mol. The maximum Gasteiger partial charge on any atom is 0.227 e. The number of carbonyl (C=O) groups is 1. The molecule has 4 heteroatoms. The van der Waals surface area contributed by atoms with Crippen LogP contribution >= 0.6 is 0 Å². The minimum Gasteiger partial charge on any atom is -0.504 e. The van der Waals surface area contributed by atoms with Crippen molar-refractivity contribution in [2.75, 3.05) is 7.11 Å². The van der Waals surface area contributed by atoms with E-state index < -0.39 is 0 Å². The summed E-state index contributed by atoms with van der Waals surface area (Å²) in [4.78, 5) is 12.9. The molecule has 0 aliphatic carbocycles. The Morgan fingerprint density at radius 3 is 2.61 bits per heavy atom. The molecule has 0 fully saturated rings. The summed E-state index contributed by atoms with van der Waals surface area (Å²) in [6, 6.07) is 15.0. The van der Waals surface area contributed by atoms with Crippen LogP contribution in [0.4, 0.5) is 0 Å². The zero-order valence-corrected chi connectivity index (χ0v) is 17.0. The van der Waals surface area contributed by atoms with Crippen LogP contribution in [0.3, 0.4) is 0 Å². The van der Waals surface area contributed by atoms with Crippen molar-refractivity contribution in [3.63, 3.8) is 0 Å². The lowest BCUT2D eigenvalue weighted by Gasteiger charge is -2.17. The van der Waals surface area contributed by atoms with Crippen LogP contribution in [-0.2, 0) is 11.3 Å². The second-order valence-electron chi connectivity index (χ2n) is 7.29. The molecule has 0 aromatic heterocycles. The predicted octanol–water partition coefficient (Wildman–Crippen LogP) is 5.18. The maximum atomic E-state index is 12.9. The van der Waals surface area contributed by atoms with Crippen molar-refractivity contribution in [2.24, 2.45) is 5.92 Å². The monoisotopic (exact) mass is 381 g/mol. The molecule has 0 radical (unpaired) electrons. The molecule has 2 N–H and O–H groups in total. The van der Waals surface area contributed by atoms with E-state index in [2.05, 4.69) is 31.3 Å². The van der Waals surface area contributed by atoms with Gasteiger partial charge in [-0.1, -0.05) is 62.4 Å². The third kappa shape index (κ3) is 6.76. The van der Waals surface area contributed by atoms with Crippen molar-refractivity contribution in [3.8, 4) is 11.5 Å². The number of nitrogens with one attached hydrogen (secondary N) is 1. The van der Waals surface area contributed by atoms with Gasteiger partial charge in [0.25, 0.3) is 0 Å². The fourth-order valence-electron chi connectivity index (χ4n) is 3.09. The molecule has 2 rings (SSSR count). The summed E-state index contributed by atoms with van der Waals surface area (Å²) < 4.78 is 5.13. The third-order valence-electron chi connectivity index (χ3n) is 4.61. The zero-order chi connectivity index (χ0) is 20.4. The van der Waals surface area contributed by atoms with E-state index in [1.165, 1.54) is 7.11 Å². The highest BCUT2D eigenvalue weighted by molar-refractivity contribution is 5.83. The first kappa shape index (κ1) is 21.5. The Kier molecular flexibility index (Phi) is 8.60. The molecule has 2 aromatic carbocycles. The number of benzene rings is 2. The molecule has 1 atom stereocenters. The Morgan fingerprint density at radius 1 is 1.18 bits per heavy atom. The van der Waals surface area contributed by atoms with Crippen molar-refractivity contribution in [1.29, 1.82) is 0 Å². The van der Waals surface area contributed by atoms with Gasteiger partial charge in [0.2, 0.25) is 5.91 Å². The average molecular weight is 382 g/mol. The Hall–Kier alpha value is -2.75. The number of phenolic OH excluding ortho intramolecular Hbond substituents is 1. The third-order valence-corrected chi connectivity index (χ3v) is 4.61. The SMILES string of the molecule is COc1cc(CNC(=O)C(CCC/C=C/C(C)C)c2ccccc2)ccc1O. The van der Waals surface area contributed by atoms with E-state index in [1.54, 1.807) is 18.2 Å². The summed E-state index contributed by atoms with van der Waals surface area (Å²) in [5, 5.41) is 12.7. The van der Waals surface area contributed by atoms with Gasteiger partial charge in [-0.3, -0.25) is 4.79 Å². The van der Waals surface area contributed by atoms with Gasteiger partial charge in [0, 0.05) is 6.54 Å². The van der Waals surface area contributed by atoms with Gasteiger partial charge in [-0.05, 0) is 48.4 Å². The van der Waals surface area contributed by atoms with E-state index in [0.29, 0.717) is 18.2 Å². The molecule has 0 spiro atoms. The Morgan fingerprint density at radius 2 is 1.93 bits per heavy atom. The number of hydrogen-bond donors (Lipinski definition) is 2. The van der Waals surface area contributed by atoms with Gasteiger partial charge in [0.05, 0.1) is 13.0 Å². The zero-order valence-electron chi connectivity index (χ0n) is 17.0. The molecule has 4 nitrogen and oxygen atoms in total. The lowest BCUT2D eigenvalue weighted by atomic mass is 9.92. The fraction of sp³-hybridized carbons (Fsp3) is 0.375. The fourth-order valence-corrected chi connectivity index (χ4v) is 3.09. The number of allylic oxidation sites excluding steroid dienone is 2. The highest BCUT2D eigenvalue weighted by Gasteiger charge is 2.19. The molecule has 28 heavy (non-hydrogen) atoms. The number of ether oxygens (including phenoxy) is 1. The van der Waals surface area contributed by atoms with E-state index in [4.69, 9.17) is 4.74 Å². The molecule has 0 heterocycles. The molecular formula is C24H31NO3. The van der Waals surface area contributed by atoms with Gasteiger partial charge in [-0.2, -0.15) is 0 Å². The summed E-state index contributed by atoms with van der Waals surface area (Å²) >= 11 is 0. The van der Waals surface area contributed by atoms with Gasteiger partial charge in [0.15, 0.2) is 11.5 Å². The minimum absolute atomic E-state index is 0.0195. The first-order valence-electron chi connectivity index (χ1n) is 9.86. The van der Waals surface area contributed by atoms with Crippen LogP contribution < -0.4 is 10.1 Å². The Bertz CT molecular complexity index is 769. The van der Waals surface area contributed by atoms with Crippen LogP contribution in [-0.4, -0.2) is 18.1 Å². The van der Waals surface area contributed by atoms with Crippen molar-refractivity contribution < 1.29 is 14.6 Å². The summed E-state index contributed by atoms with van der Waals surface area (Å²) in [6.45, 7) is 4.72. The van der Waals surface area contributed by atoms with Crippen molar-refractivity contribution in [1.82, 2.24) is 5.32 Å². The molecular weight excluding hydrogens is 350 g/mol. The Labute approximate surface area is 168 Å². The molecule has 0 aliphatic rings. The van der Waals surface area contributed by atoms with Gasteiger partial charge in [0.1, 0.15) is 0 Å². The van der Waals surface area contributed by atoms with Gasteiger partial charge in [-0.15, -0.1) is 0 Å². The van der Waals surface area contributed by atoms with E-state index in [0.717, 1.165) is 30.4 Å². The molecule has 0 saturated carbocycles.